The highest BCUT2D eigenvalue weighted by molar-refractivity contribution is 5.42. The summed E-state index contributed by atoms with van der Waals surface area (Å²) in [5, 5.41) is 10.7. The van der Waals surface area contributed by atoms with E-state index in [1.165, 1.54) is 11.1 Å². The van der Waals surface area contributed by atoms with Gasteiger partial charge in [0.1, 0.15) is 5.75 Å². The number of rotatable bonds is 5. The van der Waals surface area contributed by atoms with Crippen molar-refractivity contribution in [1.82, 2.24) is 0 Å². The first kappa shape index (κ1) is 14.1. The zero-order valence-electron chi connectivity index (χ0n) is 12.2. The van der Waals surface area contributed by atoms with Crippen molar-refractivity contribution in [3.63, 3.8) is 0 Å². The molecule has 0 spiro atoms. The van der Waals surface area contributed by atoms with E-state index in [1.54, 1.807) is 7.11 Å². The molecule has 3 unspecified atom stereocenters. The van der Waals surface area contributed by atoms with Crippen LogP contribution in [0, 0.1) is 0 Å². The molecule has 110 valence electrons. The third-order valence-electron chi connectivity index (χ3n) is 4.52. The van der Waals surface area contributed by atoms with Gasteiger partial charge in [0.15, 0.2) is 0 Å². The summed E-state index contributed by atoms with van der Waals surface area (Å²) in [6, 6.07) is 16.1. The van der Waals surface area contributed by atoms with E-state index in [2.05, 4.69) is 12.1 Å². The van der Waals surface area contributed by atoms with E-state index in [0.29, 0.717) is 6.54 Å². The first-order valence-electron chi connectivity index (χ1n) is 7.34. The van der Waals surface area contributed by atoms with Crippen LogP contribution in [0.5, 0.6) is 5.75 Å². The molecule has 3 nitrogen and oxygen atoms in total. The summed E-state index contributed by atoms with van der Waals surface area (Å²) in [5.41, 5.74) is 9.59. The van der Waals surface area contributed by atoms with Gasteiger partial charge in [-0.25, -0.2) is 0 Å². The van der Waals surface area contributed by atoms with Crippen molar-refractivity contribution in [3.8, 4) is 5.75 Å². The molecule has 3 heteroatoms. The number of methoxy groups -OCH3 is 1. The summed E-state index contributed by atoms with van der Waals surface area (Å²) in [6.07, 6.45) is 0.488. The molecule has 0 heterocycles. The molecule has 1 aliphatic carbocycles. The molecule has 3 atom stereocenters. The van der Waals surface area contributed by atoms with E-state index >= 15 is 0 Å². The first-order valence-corrected chi connectivity index (χ1v) is 7.34. The Labute approximate surface area is 125 Å². The number of hydrogen-bond donors (Lipinski definition) is 2. The van der Waals surface area contributed by atoms with Gasteiger partial charge in [-0.3, -0.25) is 0 Å². The SMILES string of the molecule is COc1ccc(C(CN)C(O)C2Cc3ccccc32)cc1. The minimum absolute atomic E-state index is 0.0470. The summed E-state index contributed by atoms with van der Waals surface area (Å²) in [7, 11) is 1.65. The standard InChI is InChI=1S/C18H21NO2/c1-21-14-8-6-12(7-9-14)17(11-19)18(20)16-10-13-4-2-3-5-15(13)16/h2-9,16-18,20H,10-11,19H2,1H3. The van der Waals surface area contributed by atoms with Gasteiger partial charge in [-0.05, 0) is 35.2 Å². The van der Waals surface area contributed by atoms with Crippen LogP contribution in [0.15, 0.2) is 48.5 Å². The lowest BCUT2D eigenvalue weighted by atomic mass is 9.70. The van der Waals surface area contributed by atoms with Gasteiger partial charge in [-0.2, -0.15) is 0 Å². The van der Waals surface area contributed by atoms with Gasteiger partial charge >= 0.3 is 0 Å². The fourth-order valence-electron chi connectivity index (χ4n) is 3.21. The normalized spacial score (nSPS) is 19.3. The Bertz CT molecular complexity index is 609. The lowest BCUT2D eigenvalue weighted by Gasteiger charge is -2.37. The number of hydrogen-bond acceptors (Lipinski definition) is 3. The number of nitrogens with two attached hydrogens (primary N) is 1. The van der Waals surface area contributed by atoms with E-state index in [0.717, 1.165) is 17.7 Å². The van der Waals surface area contributed by atoms with Gasteiger partial charge < -0.3 is 15.6 Å². The largest absolute Gasteiger partial charge is 0.497 e. The molecule has 0 aliphatic heterocycles. The lowest BCUT2D eigenvalue weighted by molar-refractivity contribution is 0.106. The fourth-order valence-corrected chi connectivity index (χ4v) is 3.21. The molecular weight excluding hydrogens is 262 g/mol. The highest BCUT2D eigenvalue weighted by Gasteiger charge is 2.36. The quantitative estimate of drug-likeness (QED) is 0.886. The molecule has 1 aliphatic rings. The molecule has 3 N–H and O–H groups in total. The van der Waals surface area contributed by atoms with Crippen LogP contribution in [0.1, 0.15) is 28.5 Å². The van der Waals surface area contributed by atoms with E-state index < -0.39 is 6.10 Å². The second-order valence-corrected chi connectivity index (χ2v) is 5.62. The lowest BCUT2D eigenvalue weighted by Crippen LogP contribution is -2.36. The molecule has 21 heavy (non-hydrogen) atoms. The predicted octanol–water partition coefficient (Wildman–Crippen LogP) is 2.44. The monoisotopic (exact) mass is 283 g/mol. The fraction of sp³-hybridized carbons (Fsp3) is 0.333. The van der Waals surface area contributed by atoms with E-state index in [9.17, 15) is 5.11 Å². The Morgan fingerprint density at radius 3 is 2.52 bits per heavy atom. The van der Waals surface area contributed by atoms with Crippen LogP contribution in [0.4, 0.5) is 0 Å². The van der Waals surface area contributed by atoms with Gasteiger partial charge in [-0.15, -0.1) is 0 Å². The predicted molar refractivity (Wildman–Crippen MR) is 83.7 cm³/mol. The Kier molecular flexibility index (Phi) is 3.95. The van der Waals surface area contributed by atoms with Crippen LogP contribution in [0.3, 0.4) is 0 Å². The van der Waals surface area contributed by atoms with E-state index in [1.807, 2.05) is 36.4 Å². The molecule has 0 saturated heterocycles. The second-order valence-electron chi connectivity index (χ2n) is 5.62. The number of ether oxygens (including phenoxy) is 1. The highest BCUT2D eigenvalue weighted by Crippen LogP contribution is 2.41. The van der Waals surface area contributed by atoms with Crippen molar-refractivity contribution in [3.05, 3.63) is 65.2 Å². The van der Waals surface area contributed by atoms with Gasteiger partial charge in [-0.1, -0.05) is 36.4 Å². The van der Waals surface area contributed by atoms with Crippen LogP contribution in [-0.2, 0) is 6.42 Å². The van der Waals surface area contributed by atoms with Gasteiger partial charge in [0.05, 0.1) is 13.2 Å². The maximum Gasteiger partial charge on any atom is 0.118 e. The minimum atomic E-state index is -0.446. The number of aliphatic hydroxyl groups is 1. The van der Waals surface area contributed by atoms with Crippen LogP contribution in [0.25, 0.3) is 0 Å². The molecular formula is C18H21NO2. The van der Waals surface area contributed by atoms with Crippen molar-refractivity contribution in [2.75, 3.05) is 13.7 Å². The van der Waals surface area contributed by atoms with Crippen molar-refractivity contribution in [2.24, 2.45) is 5.73 Å². The average molecular weight is 283 g/mol. The number of fused-ring (bicyclic) bond motifs is 1. The van der Waals surface area contributed by atoms with Gasteiger partial charge in [0.25, 0.3) is 0 Å². The maximum absolute atomic E-state index is 10.7. The Morgan fingerprint density at radius 1 is 1.19 bits per heavy atom. The zero-order valence-corrected chi connectivity index (χ0v) is 12.2. The molecule has 0 saturated carbocycles. The van der Waals surface area contributed by atoms with Crippen molar-refractivity contribution < 1.29 is 9.84 Å². The van der Waals surface area contributed by atoms with Crippen LogP contribution in [-0.4, -0.2) is 24.9 Å². The topological polar surface area (TPSA) is 55.5 Å². The Hall–Kier alpha value is -1.84. The zero-order chi connectivity index (χ0) is 14.8. The van der Waals surface area contributed by atoms with Crippen molar-refractivity contribution >= 4 is 0 Å². The molecule has 2 aromatic carbocycles. The highest BCUT2D eigenvalue weighted by atomic mass is 16.5. The third-order valence-corrected chi connectivity index (χ3v) is 4.52. The molecule has 0 amide bonds. The number of aliphatic hydroxyl groups excluding tert-OH is 1. The molecule has 3 rings (SSSR count). The third kappa shape index (κ3) is 2.55. The Morgan fingerprint density at radius 2 is 1.90 bits per heavy atom. The minimum Gasteiger partial charge on any atom is -0.497 e. The summed E-state index contributed by atoms with van der Waals surface area (Å²) >= 11 is 0. The maximum atomic E-state index is 10.7. The van der Waals surface area contributed by atoms with Crippen molar-refractivity contribution in [2.45, 2.75) is 24.4 Å². The molecule has 0 bridgehead atoms. The smallest absolute Gasteiger partial charge is 0.118 e. The molecule has 0 fully saturated rings. The first-order chi connectivity index (χ1) is 10.2. The van der Waals surface area contributed by atoms with Crippen LogP contribution < -0.4 is 10.5 Å². The average Bonchev–Trinajstić information content (AvgIpc) is 2.50. The summed E-state index contributed by atoms with van der Waals surface area (Å²) in [6.45, 7) is 0.437. The Balaban J connectivity index is 1.80. The van der Waals surface area contributed by atoms with Gasteiger partial charge in [0, 0.05) is 18.4 Å². The van der Waals surface area contributed by atoms with Crippen LogP contribution in [0.2, 0.25) is 0 Å². The molecule has 2 aromatic rings. The van der Waals surface area contributed by atoms with E-state index in [4.69, 9.17) is 10.5 Å². The molecule has 0 aromatic heterocycles. The van der Waals surface area contributed by atoms with Crippen LogP contribution >= 0.6 is 0 Å². The second kappa shape index (κ2) is 5.88. The van der Waals surface area contributed by atoms with Crippen molar-refractivity contribution in [1.29, 1.82) is 0 Å². The summed E-state index contributed by atoms with van der Waals surface area (Å²) in [5.74, 6) is 0.962. The van der Waals surface area contributed by atoms with E-state index in [-0.39, 0.29) is 11.8 Å². The summed E-state index contributed by atoms with van der Waals surface area (Å²) < 4.78 is 5.18. The number of benzene rings is 2. The van der Waals surface area contributed by atoms with Gasteiger partial charge in [0.2, 0.25) is 0 Å². The molecule has 0 radical (unpaired) electrons. The summed E-state index contributed by atoms with van der Waals surface area (Å²) in [4.78, 5) is 0.